The highest BCUT2D eigenvalue weighted by molar-refractivity contribution is 5.77. The Labute approximate surface area is 75.5 Å². The van der Waals surface area contributed by atoms with Gasteiger partial charge in [0.05, 0.1) is 11.6 Å². The molecule has 13 heavy (non-hydrogen) atoms. The van der Waals surface area contributed by atoms with Crippen LogP contribution >= 0.6 is 0 Å². The van der Waals surface area contributed by atoms with Crippen molar-refractivity contribution in [3.63, 3.8) is 0 Å². The van der Waals surface area contributed by atoms with Crippen LogP contribution < -0.4 is 0 Å². The van der Waals surface area contributed by atoms with Crippen LogP contribution in [0.25, 0.3) is 0 Å². The first kappa shape index (κ1) is 8.29. The molecule has 1 unspecified atom stereocenters. The topological polar surface area (TPSA) is 63.3 Å². The van der Waals surface area contributed by atoms with E-state index in [1.807, 2.05) is 0 Å². The summed E-state index contributed by atoms with van der Waals surface area (Å²) in [5.74, 6) is -0.418. The Balaban J connectivity index is 2.46. The van der Waals surface area contributed by atoms with E-state index < -0.39 is 11.9 Å². The Morgan fingerprint density at radius 3 is 3.15 bits per heavy atom. The van der Waals surface area contributed by atoms with Crippen molar-refractivity contribution in [3.05, 3.63) is 17.0 Å². The molecule has 0 amide bonds. The molecule has 0 radical (unpaired) electrons. The highest BCUT2D eigenvalue weighted by Crippen LogP contribution is 2.33. The molecule has 1 heterocycles. The number of carbonyl (C=O) groups is 1. The van der Waals surface area contributed by atoms with Crippen molar-refractivity contribution in [2.75, 3.05) is 0 Å². The fourth-order valence-corrected chi connectivity index (χ4v) is 1.91. The second-order valence-electron chi connectivity index (χ2n) is 3.39. The zero-order valence-corrected chi connectivity index (χ0v) is 7.41. The van der Waals surface area contributed by atoms with Crippen LogP contribution in [0.3, 0.4) is 0 Å². The summed E-state index contributed by atoms with van der Waals surface area (Å²) in [6, 6.07) is 0. The van der Waals surface area contributed by atoms with Gasteiger partial charge < -0.3 is 9.63 Å². The van der Waals surface area contributed by atoms with E-state index in [4.69, 9.17) is 9.63 Å². The van der Waals surface area contributed by atoms with Crippen molar-refractivity contribution in [1.82, 2.24) is 5.16 Å². The van der Waals surface area contributed by atoms with Gasteiger partial charge in [-0.1, -0.05) is 5.16 Å². The minimum absolute atomic E-state index is 0.407. The van der Waals surface area contributed by atoms with Crippen LogP contribution in [0.2, 0.25) is 0 Å². The summed E-state index contributed by atoms with van der Waals surface area (Å²) in [6.07, 6.45) is 2.39. The first-order chi connectivity index (χ1) is 6.20. The lowest BCUT2D eigenvalue weighted by molar-refractivity contribution is -0.139. The molecule has 1 aromatic rings. The van der Waals surface area contributed by atoms with Gasteiger partial charge in [-0.3, -0.25) is 4.79 Å². The van der Waals surface area contributed by atoms with Gasteiger partial charge in [-0.05, 0) is 19.8 Å². The highest BCUT2D eigenvalue weighted by atomic mass is 16.5. The normalized spacial score (nSPS) is 21.2. The smallest absolute Gasteiger partial charge is 0.311 e. The Bertz CT molecular complexity index is 343. The summed E-state index contributed by atoms with van der Waals surface area (Å²) in [7, 11) is 0. The lowest BCUT2D eigenvalue weighted by atomic mass is 9.86. The molecule has 0 bridgehead atoms. The number of carboxylic acid groups (broad SMARTS) is 1. The van der Waals surface area contributed by atoms with Gasteiger partial charge in [0.25, 0.3) is 0 Å². The summed E-state index contributed by atoms with van der Waals surface area (Å²) in [4.78, 5) is 10.9. The molecule has 1 aromatic heterocycles. The molecule has 0 saturated heterocycles. The molecule has 2 rings (SSSR count). The molecule has 0 aromatic carbocycles. The summed E-state index contributed by atoms with van der Waals surface area (Å²) < 4.78 is 5.05. The van der Waals surface area contributed by atoms with Gasteiger partial charge in [-0.2, -0.15) is 0 Å². The van der Waals surface area contributed by atoms with E-state index in [0.29, 0.717) is 6.42 Å². The molecule has 0 aliphatic heterocycles. The first-order valence-electron chi connectivity index (χ1n) is 4.38. The largest absolute Gasteiger partial charge is 0.481 e. The Kier molecular flexibility index (Phi) is 1.83. The molecular formula is C9H11NO3. The molecule has 1 aliphatic rings. The maximum atomic E-state index is 10.9. The summed E-state index contributed by atoms with van der Waals surface area (Å²) in [6.45, 7) is 1.80. The van der Waals surface area contributed by atoms with Crippen molar-refractivity contribution in [1.29, 1.82) is 0 Å². The van der Waals surface area contributed by atoms with Gasteiger partial charge in [0.15, 0.2) is 0 Å². The second-order valence-corrected chi connectivity index (χ2v) is 3.39. The molecule has 1 atom stereocenters. The van der Waals surface area contributed by atoms with Crippen LogP contribution in [-0.2, 0) is 11.2 Å². The zero-order valence-electron chi connectivity index (χ0n) is 7.41. The predicted octanol–water partition coefficient (Wildman–Crippen LogP) is 1.49. The molecule has 4 nitrogen and oxygen atoms in total. The number of aryl methyl sites for hydroxylation is 2. The number of aromatic nitrogens is 1. The van der Waals surface area contributed by atoms with Crippen molar-refractivity contribution < 1.29 is 14.4 Å². The molecule has 4 heteroatoms. The first-order valence-corrected chi connectivity index (χ1v) is 4.38. The van der Waals surface area contributed by atoms with Crippen molar-refractivity contribution in [2.24, 2.45) is 0 Å². The molecule has 1 aliphatic carbocycles. The quantitative estimate of drug-likeness (QED) is 0.712. The lowest BCUT2D eigenvalue weighted by Crippen LogP contribution is -2.17. The average molecular weight is 181 g/mol. The maximum absolute atomic E-state index is 10.9. The fraction of sp³-hybridized carbons (Fsp3) is 0.556. The number of carboxylic acids is 1. The summed E-state index contributed by atoms with van der Waals surface area (Å²) in [5.41, 5.74) is 1.53. The number of fused-ring (bicyclic) bond motifs is 1. The lowest BCUT2D eigenvalue weighted by Gasteiger charge is -2.16. The Morgan fingerprint density at radius 2 is 2.46 bits per heavy atom. The third-order valence-electron chi connectivity index (χ3n) is 2.53. The second kappa shape index (κ2) is 2.87. The van der Waals surface area contributed by atoms with Crippen molar-refractivity contribution in [2.45, 2.75) is 32.1 Å². The number of nitrogens with zero attached hydrogens (tertiary/aromatic N) is 1. The fourth-order valence-electron chi connectivity index (χ4n) is 1.91. The third kappa shape index (κ3) is 1.22. The molecule has 0 spiro atoms. The number of hydrogen-bond acceptors (Lipinski definition) is 3. The van der Waals surface area contributed by atoms with E-state index in [0.717, 1.165) is 29.9 Å². The van der Waals surface area contributed by atoms with E-state index in [2.05, 4.69) is 5.16 Å². The summed E-state index contributed by atoms with van der Waals surface area (Å²) >= 11 is 0. The van der Waals surface area contributed by atoms with Gasteiger partial charge in [0.1, 0.15) is 5.76 Å². The standard InChI is InChI=1S/C9H11NO3/c1-5-8-6(9(11)12)3-2-4-7(8)13-10-5/h6H,2-4H2,1H3,(H,11,12). The Hall–Kier alpha value is -1.32. The number of aliphatic carboxylic acids is 1. The maximum Gasteiger partial charge on any atom is 0.311 e. The predicted molar refractivity (Wildman–Crippen MR) is 44.6 cm³/mol. The van der Waals surface area contributed by atoms with Gasteiger partial charge in [0, 0.05) is 12.0 Å². The molecule has 1 N–H and O–H groups in total. The SMILES string of the molecule is Cc1noc2c1C(C(=O)O)CCC2. The molecule has 0 saturated carbocycles. The van der Waals surface area contributed by atoms with Crippen LogP contribution in [0.1, 0.15) is 35.8 Å². The number of rotatable bonds is 1. The number of hydrogen-bond donors (Lipinski definition) is 1. The molecular weight excluding hydrogens is 170 g/mol. The van der Waals surface area contributed by atoms with Crippen LogP contribution in [0.5, 0.6) is 0 Å². The molecule has 70 valence electrons. The van der Waals surface area contributed by atoms with Gasteiger partial charge in [-0.15, -0.1) is 0 Å². The van der Waals surface area contributed by atoms with E-state index in [-0.39, 0.29) is 0 Å². The minimum Gasteiger partial charge on any atom is -0.481 e. The van der Waals surface area contributed by atoms with Crippen LogP contribution in [0.4, 0.5) is 0 Å². The van der Waals surface area contributed by atoms with E-state index >= 15 is 0 Å². The van der Waals surface area contributed by atoms with E-state index in [9.17, 15) is 4.79 Å². The van der Waals surface area contributed by atoms with Gasteiger partial charge in [0.2, 0.25) is 0 Å². The zero-order chi connectivity index (χ0) is 9.42. The highest BCUT2D eigenvalue weighted by Gasteiger charge is 2.31. The van der Waals surface area contributed by atoms with Crippen molar-refractivity contribution in [3.8, 4) is 0 Å². The molecule has 0 fully saturated rings. The van der Waals surface area contributed by atoms with Crippen molar-refractivity contribution >= 4 is 5.97 Å². The minimum atomic E-state index is -0.771. The van der Waals surface area contributed by atoms with Crippen LogP contribution in [0, 0.1) is 6.92 Å². The van der Waals surface area contributed by atoms with E-state index in [1.54, 1.807) is 6.92 Å². The van der Waals surface area contributed by atoms with Gasteiger partial charge >= 0.3 is 5.97 Å². The Morgan fingerprint density at radius 1 is 1.69 bits per heavy atom. The average Bonchev–Trinajstić information content (AvgIpc) is 2.48. The third-order valence-corrected chi connectivity index (χ3v) is 2.53. The van der Waals surface area contributed by atoms with Gasteiger partial charge in [-0.25, -0.2) is 0 Å². The van der Waals surface area contributed by atoms with Crippen LogP contribution in [-0.4, -0.2) is 16.2 Å². The van der Waals surface area contributed by atoms with E-state index in [1.165, 1.54) is 0 Å². The summed E-state index contributed by atoms with van der Waals surface area (Å²) in [5, 5.41) is 12.8. The monoisotopic (exact) mass is 181 g/mol. The van der Waals surface area contributed by atoms with Crippen LogP contribution in [0.15, 0.2) is 4.52 Å².